The molecule has 1 aliphatic heterocycles. The monoisotopic (exact) mass is 377 g/mol. The summed E-state index contributed by atoms with van der Waals surface area (Å²) in [7, 11) is 0. The lowest BCUT2D eigenvalue weighted by molar-refractivity contribution is -0.122. The number of rotatable bonds is 4. The zero-order valence-electron chi connectivity index (χ0n) is 15.2. The van der Waals surface area contributed by atoms with Crippen LogP contribution in [0.3, 0.4) is 0 Å². The van der Waals surface area contributed by atoms with Crippen molar-refractivity contribution in [1.29, 1.82) is 0 Å². The highest BCUT2D eigenvalue weighted by Gasteiger charge is 2.34. The van der Waals surface area contributed by atoms with Crippen LogP contribution in [0, 0.1) is 0 Å². The Morgan fingerprint density at radius 1 is 1.00 bits per heavy atom. The van der Waals surface area contributed by atoms with Crippen LogP contribution in [0.25, 0.3) is 5.57 Å². The minimum atomic E-state index is -0.386. The summed E-state index contributed by atoms with van der Waals surface area (Å²) in [6.45, 7) is 7.71. The number of amides is 2. The number of hydrogen-bond donors (Lipinski definition) is 0. The third kappa shape index (κ3) is 4.23. The van der Waals surface area contributed by atoms with Crippen molar-refractivity contribution in [3.63, 3.8) is 0 Å². The van der Waals surface area contributed by atoms with E-state index in [0.29, 0.717) is 16.4 Å². The maximum absolute atomic E-state index is 12.6. The number of carbonyl (C=O) groups is 2. The van der Waals surface area contributed by atoms with Gasteiger partial charge in [-0.25, -0.2) is 4.90 Å². The number of benzene rings is 2. The number of imide groups is 1. The molecule has 0 bridgehead atoms. The molecule has 0 N–H and O–H groups in total. The lowest BCUT2D eigenvalue weighted by atomic mass is 10.0. The molecule has 6 heteroatoms. The van der Waals surface area contributed by atoms with Gasteiger partial charge in [-0.05, 0) is 37.1 Å². The molecule has 0 unspecified atom stereocenters. The molecular weight excluding hydrogens is 358 g/mol. The topological polar surface area (TPSA) is 62.1 Å². The lowest BCUT2D eigenvalue weighted by Crippen LogP contribution is -2.35. The molecule has 3 rings (SSSR count). The molecule has 2 aromatic rings. The fourth-order valence-electron chi connectivity index (χ4n) is 2.52. The van der Waals surface area contributed by atoms with Crippen LogP contribution in [0.5, 0.6) is 0 Å². The zero-order chi connectivity index (χ0) is 19.4. The van der Waals surface area contributed by atoms with E-state index in [9.17, 15) is 9.59 Å². The van der Waals surface area contributed by atoms with E-state index >= 15 is 0 Å². The Morgan fingerprint density at radius 3 is 2.26 bits per heavy atom. The van der Waals surface area contributed by atoms with E-state index in [1.54, 1.807) is 24.3 Å². The lowest BCUT2D eigenvalue weighted by Gasteiger charge is -2.13. The molecule has 0 atom stereocenters. The number of allylic oxidation sites excluding steroid dienone is 1. The van der Waals surface area contributed by atoms with Gasteiger partial charge in [0.15, 0.2) is 5.17 Å². The first kappa shape index (κ1) is 18.8. The highest BCUT2D eigenvalue weighted by Crippen LogP contribution is 2.22. The Bertz CT molecular complexity index is 947. The van der Waals surface area contributed by atoms with E-state index in [-0.39, 0.29) is 17.6 Å². The van der Waals surface area contributed by atoms with E-state index in [0.717, 1.165) is 21.6 Å². The van der Waals surface area contributed by atoms with Gasteiger partial charge in [0.25, 0.3) is 5.91 Å². The van der Waals surface area contributed by atoms with Crippen molar-refractivity contribution in [3.05, 3.63) is 77.9 Å². The van der Waals surface area contributed by atoms with E-state index in [4.69, 9.17) is 0 Å². The predicted octanol–water partition coefficient (Wildman–Crippen LogP) is 4.22. The fourth-order valence-corrected chi connectivity index (χ4v) is 3.31. The van der Waals surface area contributed by atoms with Gasteiger partial charge < -0.3 is 0 Å². The van der Waals surface area contributed by atoms with Gasteiger partial charge in [-0.3, -0.25) is 9.59 Å². The molecule has 2 aromatic carbocycles. The van der Waals surface area contributed by atoms with Crippen LogP contribution in [0.2, 0.25) is 0 Å². The van der Waals surface area contributed by atoms with Crippen LogP contribution in [0.15, 0.2) is 71.4 Å². The van der Waals surface area contributed by atoms with Gasteiger partial charge >= 0.3 is 0 Å². The number of amidine groups is 1. The molecule has 0 spiro atoms. The largest absolute Gasteiger partial charge is 0.273 e. The zero-order valence-corrected chi connectivity index (χ0v) is 16.0. The summed E-state index contributed by atoms with van der Waals surface area (Å²) in [6.07, 6.45) is 0. The minimum Gasteiger partial charge on any atom is -0.273 e. The van der Waals surface area contributed by atoms with Crippen LogP contribution in [0.4, 0.5) is 0 Å². The molecule has 1 fully saturated rings. The highest BCUT2D eigenvalue weighted by molar-refractivity contribution is 8.15. The summed E-state index contributed by atoms with van der Waals surface area (Å²) in [4.78, 5) is 25.9. The van der Waals surface area contributed by atoms with Crippen molar-refractivity contribution in [2.24, 2.45) is 10.2 Å². The Kier molecular flexibility index (Phi) is 5.66. The number of nitrogens with zero attached hydrogens (tertiary/aromatic N) is 3. The van der Waals surface area contributed by atoms with Gasteiger partial charge in [0.1, 0.15) is 0 Å². The van der Waals surface area contributed by atoms with Crippen molar-refractivity contribution >= 4 is 40.0 Å². The van der Waals surface area contributed by atoms with Crippen LogP contribution in [-0.2, 0) is 4.79 Å². The fraction of sp³-hybridized carbons (Fsp3) is 0.143. The summed E-state index contributed by atoms with van der Waals surface area (Å²) < 4.78 is 0. The molecule has 1 aliphatic rings. The number of carbonyl (C=O) groups excluding carboxylic acids is 2. The second-order valence-electron chi connectivity index (χ2n) is 6.11. The van der Waals surface area contributed by atoms with Crippen LogP contribution < -0.4 is 0 Å². The average molecular weight is 377 g/mol. The van der Waals surface area contributed by atoms with Crippen LogP contribution in [0.1, 0.15) is 35.3 Å². The molecular formula is C21H19N3O2S. The molecule has 2 amide bonds. The van der Waals surface area contributed by atoms with Crippen molar-refractivity contribution in [2.45, 2.75) is 13.8 Å². The standard InChI is InChI=1S/C21H19N3O2S/c1-14(2)16-9-11-17(12-10-16)15(3)22-23-21-24(19(25)13-27-21)20(26)18-7-5-4-6-8-18/h4-12H,1,13H2,2-3H3/b22-15-,23-21+. The normalized spacial score (nSPS) is 16.1. The maximum atomic E-state index is 12.6. The molecule has 136 valence electrons. The Balaban J connectivity index is 1.84. The summed E-state index contributed by atoms with van der Waals surface area (Å²) in [5.74, 6) is -0.492. The van der Waals surface area contributed by atoms with Crippen molar-refractivity contribution < 1.29 is 9.59 Å². The van der Waals surface area contributed by atoms with Crippen LogP contribution >= 0.6 is 11.8 Å². The van der Waals surface area contributed by atoms with Gasteiger partial charge in [-0.15, -0.1) is 5.10 Å². The van der Waals surface area contributed by atoms with Crippen molar-refractivity contribution in [3.8, 4) is 0 Å². The van der Waals surface area contributed by atoms with Gasteiger partial charge in [0.05, 0.1) is 11.5 Å². The second-order valence-corrected chi connectivity index (χ2v) is 7.06. The Hall–Kier alpha value is -2.99. The first-order valence-electron chi connectivity index (χ1n) is 8.41. The first-order valence-corrected chi connectivity index (χ1v) is 9.39. The Morgan fingerprint density at radius 2 is 1.63 bits per heavy atom. The molecule has 0 aromatic heterocycles. The smallest absolute Gasteiger partial charge is 0.266 e. The maximum Gasteiger partial charge on any atom is 0.266 e. The summed E-state index contributed by atoms with van der Waals surface area (Å²) in [5.41, 5.74) is 4.11. The number of hydrogen-bond acceptors (Lipinski definition) is 5. The van der Waals surface area contributed by atoms with Gasteiger partial charge in [0, 0.05) is 5.56 Å². The molecule has 27 heavy (non-hydrogen) atoms. The average Bonchev–Trinajstić information content (AvgIpc) is 3.06. The third-order valence-electron chi connectivity index (χ3n) is 4.07. The van der Waals surface area contributed by atoms with E-state index < -0.39 is 0 Å². The van der Waals surface area contributed by atoms with Gasteiger partial charge in [-0.2, -0.15) is 5.10 Å². The summed E-state index contributed by atoms with van der Waals surface area (Å²) in [6, 6.07) is 16.5. The first-order chi connectivity index (χ1) is 13.0. The summed E-state index contributed by atoms with van der Waals surface area (Å²) in [5, 5.41) is 8.69. The van der Waals surface area contributed by atoms with Crippen molar-refractivity contribution in [1.82, 2.24) is 4.90 Å². The molecule has 0 radical (unpaired) electrons. The second kappa shape index (κ2) is 8.14. The van der Waals surface area contributed by atoms with Gasteiger partial charge in [0.2, 0.25) is 5.91 Å². The SMILES string of the molecule is C=C(C)c1ccc(/C(C)=N\N=C2\SCC(=O)N2C(=O)c2ccccc2)cc1. The summed E-state index contributed by atoms with van der Waals surface area (Å²) >= 11 is 1.21. The minimum absolute atomic E-state index is 0.180. The predicted molar refractivity (Wildman–Crippen MR) is 111 cm³/mol. The highest BCUT2D eigenvalue weighted by atomic mass is 32.2. The molecule has 0 aliphatic carbocycles. The molecule has 5 nitrogen and oxygen atoms in total. The molecule has 0 saturated carbocycles. The van der Waals surface area contributed by atoms with Crippen LogP contribution in [-0.4, -0.2) is 33.3 Å². The van der Waals surface area contributed by atoms with E-state index in [1.807, 2.05) is 44.2 Å². The van der Waals surface area contributed by atoms with Crippen molar-refractivity contribution in [2.75, 3.05) is 5.75 Å². The quantitative estimate of drug-likeness (QED) is 0.455. The van der Waals surface area contributed by atoms with E-state index in [1.165, 1.54) is 11.8 Å². The molecule has 1 heterocycles. The van der Waals surface area contributed by atoms with Gasteiger partial charge in [-0.1, -0.05) is 66.4 Å². The Labute approximate surface area is 162 Å². The third-order valence-corrected chi connectivity index (χ3v) is 4.98. The number of thioether (sulfide) groups is 1. The van der Waals surface area contributed by atoms with E-state index in [2.05, 4.69) is 16.8 Å². The molecule has 1 saturated heterocycles.